The molecule has 0 aliphatic carbocycles. The SMILES string of the molecule is CCOC(=O)COc1cccc(-c2cc(C#N)c(=O)[nH]c2C)c1. The topological polar surface area (TPSA) is 92.2 Å². The number of ether oxygens (including phenoxy) is 2. The molecule has 1 N–H and O–H groups in total. The summed E-state index contributed by atoms with van der Waals surface area (Å²) >= 11 is 0. The Kier molecular flexibility index (Phi) is 5.15. The third-order valence-corrected chi connectivity index (χ3v) is 3.17. The van der Waals surface area contributed by atoms with Crippen LogP contribution in [0.3, 0.4) is 0 Å². The molecule has 0 fully saturated rings. The molecule has 0 saturated carbocycles. The molecule has 1 aromatic heterocycles. The normalized spacial score (nSPS) is 9.96. The number of carbonyl (C=O) groups is 1. The highest BCUT2D eigenvalue weighted by Crippen LogP contribution is 2.25. The van der Waals surface area contributed by atoms with E-state index in [-0.39, 0.29) is 12.2 Å². The molecule has 2 rings (SSSR count). The third-order valence-electron chi connectivity index (χ3n) is 3.17. The maximum absolute atomic E-state index is 11.6. The quantitative estimate of drug-likeness (QED) is 0.854. The predicted molar refractivity (Wildman–Crippen MR) is 84.1 cm³/mol. The number of benzene rings is 1. The van der Waals surface area contributed by atoms with Crippen molar-refractivity contribution >= 4 is 5.97 Å². The first kappa shape index (κ1) is 16.3. The average molecular weight is 312 g/mol. The van der Waals surface area contributed by atoms with Gasteiger partial charge in [-0.3, -0.25) is 4.79 Å². The second kappa shape index (κ2) is 7.27. The second-order valence-electron chi connectivity index (χ2n) is 4.78. The maximum atomic E-state index is 11.6. The van der Waals surface area contributed by atoms with Crippen LogP contribution in [0.4, 0.5) is 0 Å². The largest absolute Gasteiger partial charge is 0.482 e. The molecular weight excluding hydrogens is 296 g/mol. The summed E-state index contributed by atoms with van der Waals surface area (Å²) in [6.45, 7) is 3.61. The second-order valence-corrected chi connectivity index (χ2v) is 4.78. The Morgan fingerprint density at radius 2 is 2.13 bits per heavy atom. The van der Waals surface area contributed by atoms with Crippen molar-refractivity contribution in [2.75, 3.05) is 13.2 Å². The van der Waals surface area contributed by atoms with Crippen LogP contribution in [0.5, 0.6) is 5.75 Å². The lowest BCUT2D eigenvalue weighted by Crippen LogP contribution is -2.14. The molecule has 118 valence electrons. The van der Waals surface area contributed by atoms with Gasteiger partial charge in [-0.1, -0.05) is 12.1 Å². The van der Waals surface area contributed by atoms with Crippen molar-refractivity contribution in [3.05, 3.63) is 51.9 Å². The van der Waals surface area contributed by atoms with Gasteiger partial charge in [0.2, 0.25) is 0 Å². The van der Waals surface area contributed by atoms with Gasteiger partial charge in [-0.25, -0.2) is 4.79 Å². The Bertz CT molecular complexity index is 818. The minimum Gasteiger partial charge on any atom is -0.482 e. The van der Waals surface area contributed by atoms with Gasteiger partial charge < -0.3 is 14.5 Å². The van der Waals surface area contributed by atoms with E-state index in [1.807, 2.05) is 12.1 Å². The van der Waals surface area contributed by atoms with Crippen LogP contribution in [0.15, 0.2) is 35.1 Å². The number of nitrogens with zero attached hydrogens (tertiary/aromatic N) is 1. The Labute approximate surface area is 133 Å². The summed E-state index contributed by atoms with van der Waals surface area (Å²) in [7, 11) is 0. The summed E-state index contributed by atoms with van der Waals surface area (Å²) in [4.78, 5) is 25.6. The number of nitriles is 1. The number of nitrogens with one attached hydrogen (secondary N) is 1. The summed E-state index contributed by atoms with van der Waals surface area (Å²) in [5, 5.41) is 8.99. The van der Waals surface area contributed by atoms with Crippen molar-refractivity contribution in [3.63, 3.8) is 0 Å². The number of hydrogen-bond donors (Lipinski definition) is 1. The Hall–Kier alpha value is -3.07. The van der Waals surface area contributed by atoms with E-state index in [1.165, 1.54) is 0 Å². The van der Waals surface area contributed by atoms with Crippen molar-refractivity contribution in [2.45, 2.75) is 13.8 Å². The van der Waals surface area contributed by atoms with Crippen molar-refractivity contribution in [3.8, 4) is 22.9 Å². The number of hydrogen-bond acceptors (Lipinski definition) is 5. The molecule has 0 bridgehead atoms. The fourth-order valence-electron chi connectivity index (χ4n) is 2.10. The standard InChI is InChI=1S/C17H16N2O4/c1-3-22-16(20)10-23-14-6-4-5-12(7-14)15-8-13(9-18)17(21)19-11(15)2/h4-8H,3,10H2,1-2H3,(H,19,21). The van der Waals surface area contributed by atoms with Gasteiger partial charge in [0.15, 0.2) is 6.61 Å². The van der Waals surface area contributed by atoms with Gasteiger partial charge in [-0.15, -0.1) is 0 Å². The predicted octanol–water partition coefficient (Wildman–Crippen LogP) is 2.16. The molecule has 0 radical (unpaired) electrons. The molecule has 0 unspecified atom stereocenters. The molecule has 0 spiro atoms. The van der Waals surface area contributed by atoms with Crippen LogP contribution in [0.2, 0.25) is 0 Å². The first-order valence-corrected chi connectivity index (χ1v) is 7.08. The molecule has 6 heteroatoms. The van der Waals surface area contributed by atoms with E-state index in [2.05, 4.69) is 4.98 Å². The highest BCUT2D eigenvalue weighted by molar-refractivity contribution is 5.71. The van der Waals surface area contributed by atoms with Crippen molar-refractivity contribution < 1.29 is 14.3 Å². The number of esters is 1. The lowest BCUT2D eigenvalue weighted by atomic mass is 10.0. The van der Waals surface area contributed by atoms with Gasteiger partial charge in [0.05, 0.1) is 6.61 Å². The molecular formula is C17H16N2O4. The number of carbonyl (C=O) groups excluding carboxylic acids is 1. The number of pyridine rings is 1. The molecule has 1 heterocycles. The van der Waals surface area contributed by atoms with E-state index >= 15 is 0 Å². The van der Waals surface area contributed by atoms with E-state index in [9.17, 15) is 9.59 Å². The number of rotatable bonds is 5. The summed E-state index contributed by atoms with van der Waals surface area (Å²) in [5.41, 5.74) is 1.78. The van der Waals surface area contributed by atoms with Gasteiger partial charge in [0, 0.05) is 11.3 Å². The fourth-order valence-corrected chi connectivity index (χ4v) is 2.10. The monoisotopic (exact) mass is 312 g/mol. The van der Waals surface area contributed by atoms with Gasteiger partial charge in [0.25, 0.3) is 5.56 Å². The Balaban J connectivity index is 2.28. The maximum Gasteiger partial charge on any atom is 0.344 e. The van der Waals surface area contributed by atoms with Crippen LogP contribution in [0, 0.1) is 18.3 Å². The fraction of sp³-hybridized carbons (Fsp3) is 0.235. The summed E-state index contributed by atoms with van der Waals surface area (Å²) in [6, 6.07) is 10.5. The van der Waals surface area contributed by atoms with Crippen LogP contribution in [-0.4, -0.2) is 24.2 Å². The molecule has 2 aromatic rings. The number of aryl methyl sites for hydroxylation is 1. The number of aromatic amines is 1. The zero-order valence-corrected chi connectivity index (χ0v) is 12.9. The van der Waals surface area contributed by atoms with Crippen molar-refractivity contribution in [1.82, 2.24) is 4.98 Å². The molecule has 6 nitrogen and oxygen atoms in total. The average Bonchev–Trinajstić information content (AvgIpc) is 2.54. The van der Waals surface area contributed by atoms with E-state index in [0.29, 0.717) is 18.1 Å². The van der Waals surface area contributed by atoms with E-state index in [1.54, 1.807) is 38.1 Å². The Morgan fingerprint density at radius 1 is 1.35 bits per heavy atom. The number of H-pyrrole nitrogens is 1. The lowest BCUT2D eigenvalue weighted by molar-refractivity contribution is -0.145. The van der Waals surface area contributed by atoms with Gasteiger partial charge >= 0.3 is 5.97 Å². The van der Waals surface area contributed by atoms with Crippen molar-refractivity contribution in [1.29, 1.82) is 5.26 Å². The van der Waals surface area contributed by atoms with E-state index in [0.717, 1.165) is 11.1 Å². The minimum absolute atomic E-state index is 0.0449. The number of aromatic nitrogens is 1. The zero-order chi connectivity index (χ0) is 16.8. The third kappa shape index (κ3) is 3.98. The van der Waals surface area contributed by atoms with Crippen LogP contribution in [-0.2, 0) is 9.53 Å². The molecule has 0 amide bonds. The lowest BCUT2D eigenvalue weighted by Gasteiger charge is -2.10. The molecule has 0 aliphatic heterocycles. The zero-order valence-electron chi connectivity index (χ0n) is 12.9. The molecule has 0 aliphatic rings. The van der Waals surface area contributed by atoms with Crippen molar-refractivity contribution in [2.24, 2.45) is 0 Å². The minimum atomic E-state index is -0.440. The van der Waals surface area contributed by atoms with Gasteiger partial charge in [0.1, 0.15) is 17.4 Å². The van der Waals surface area contributed by atoms with Crippen LogP contribution < -0.4 is 10.3 Å². The first-order chi connectivity index (χ1) is 11.0. The summed E-state index contributed by atoms with van der Waals surface area (Å²) < 4.78 is 10.2. The van der Waals surface area contributed by atoms with E-state index < -0.39 is 11.5 Å². The summed E-state index contributed by atoms with van der Waals surface area (Å²) in [6.07, 6.45) is 0. The van der Waals surface area contributed by atoms with Crippen LogP contribution in [0.25, 0.3) is 11.1 Å². The highest BCUT2D eigenvalue weighted by Gasteiger charge is 2.09. The van der Waals surface area contributed by atoms with Gasteiger partial charge in [-0.05, 0) is 37.6 Å². The molecule has 23 heavy (non-hydrogen) atoms. The van der Waals surface area contributed by atoms with Gasteiger partial charge in [-0.2, -0.15) is 5.26 Å². The van der Waals surface area contributed by atoms with Crippen LogP contribution >= 0.6 is 0 Å². The molecule has 0 atom stereocenters. The highest BCUT2D eigenvalue weighted by atomic mass is 16.6. The Morgan fingerprint density at radius 3 is 2.83 bits per heavy atom. The summed E-state index contributed by atoms with van der Waals surface area (Å²) in [5.74, 6) is 0.0598. The molecule has 0 saturated heterocycles. The van der Waals surface area contributed by atoms with Crippen LogP contribution in [0.1, 0.15) is 18.2 Å². The molecule has 1 aromatic carbocycles. The van der Waals surface area contributed by atoms with E-state index in [4.69, 9.17) is 14.7 Å². The first-order valence-electron chi connectivity index (χ1n) is 7.08. The smallest absolute Gasteiger partial charge is 0.344 e.